The number of benzene rings is 3. The molecule has 0 aliphatic heterocycles. The quantitative estimate of drug-likeness (QED) is 0.148. The Labute approximate surface area is 233 Å². The first-order valence-electron chi connectivity index (χ1n) is 12.4. The van der Waals surface area contributed by atoms with Crippen molar-refractivity contribution in [2.24, 2.45) is 0 Å². The Morgan fingerprint density at radius 3 is 2.08 bits per heavy atom. The summed E-state index contributed by atoms with van der Waals surface area (Å²) in [6.45, 7) is 3.54. The Balaban J connectivity index is 1.97. The summed E-state index contributed by atoms with van der Waals surface area (Å²) in [6.07, 6.45) is 0. The number of hydrogen-bond donors (Lipinski definition) is 2. The van der Waals surface area contributed by atoms with Crippen molar-refractivity contribution in [3.8, 4) is 40.0 Å². The first-order chi connectivity index (χ1) is 19.2. The third kappa shape index (κ3) is 5.46. The summed E-state index contributed by atoms with van der Waals surface area (Å²) in [5.41, 5.74) is 3.04. The highest BCUT2D eigenvalue weighted by atomic mass is 31.2. The van der Waals surface area contributed by atoms with E-state index in [-0.39, 0.29) is 12.4 Å². The number of carbonyl (C=O) groups excluding carboxylic acids is 1. The molecule has 3 aromatic carbocycles. The fourth-order valence-corrected chi connectivity index (χ4v) is 5.80. The van der Waals surface area contributed by atoms with Crippen molar-refractivity contribution in [3.05, 3.63) is 59.7 Å². The zero-order valence-corrected chi connectivity index (χ0v) is 24.4. The van der Waals surface area contributed by atoms with Gasteiger partial charge in [-0.1, -0.05) is 6.07 Å². The van der Waals surface area contributed by atoms with Crippen molar-refractivity contribution in [3.63, 3.8) is 0 Å². The van der Waals surface area contributed by atoms with E-state index >= 15 is 0 Å². The normalized spacial score (nSPS) is 12.5. The van der Waals surface area contributed by atoms with E-state index in [4.69, 9.17) is 28.2 Å². The third-order valence-electron chi connectivity index (χ3n) is 6.35. The second kappa shape index (κ2) is 11.9. The summed E-state index contributed by atoms with van der Waals surface area (Å²) in [7, 11) is 4.38. The van der Waals surface area contributed by atoms with Gasteiger partial charge < -0.3 is 38.3 Å². The maximum atomic E-state index is 14.3. The number of fused-ring (bicyclic) bond motifs is 1. The average molecular weight is 569 g/mol. The number of nitrogens with one attached hydrogen (secondary N) is 2. The molecule has 11 heteroatoms. The fourth-order valence-electron chi connectivity index (χ4n) is 4.63. The lowest BCUT2D eigenvalue weighted by molar-refractivity contribution is 0.104. The molecule has 0 spiro atoms. The first-order valence-corrected chi connectivity index (χ1v) is 14.5. The minimum absolute atomic E-state index is 0.276. The topological polar surface area (TPSA) is 117 Å². The predicted octanol–water partition coefficient (Wildman–Crippen LogP) is 6.38. The van der Waals surface area contributed by atoms with Crippen molar-refractivity contribution in [2.75, 3.05) is 53.9 Å². The lowest BCUT2D eigenvalue weighted by atomic mass is 9.96. The molecule has 10 nitrogen and oxygen atoms in total. The van der Waals surface area contributed by atoms with Crippen LogP contribution in [0.15, 0.2) is 48.5 Å². The average Bonchev–Trinajstić information content (AvgIpc) is 3.35. The second-order valence-corrected chi connectivity index (χ2v) is 11.0. The van der Waals surface area contributed by atoms with Crippen LogP contribution < -0.4 is 28.8 Å². The monoisotopic (exact) mass is 568 g/mol. The van der Waals surface area contributed by atoms with Crippen molar-refractivity contribution < 1.29 is 37.6 Å². The van der Waals surface area contributed by atoms with E-state index in [9.17, 15) is 9.36 Å². The molecule has 1 heterocycles. The Hall–Kier alpha value is -4.14. The number of H-pyrrole nitrogens is 1. The number of ketones is 1. The maximum Gasteiger partial charge on any atom is 0.290 e. The molecule has 0 amide bonds. The van der Waals surface area contributed by atoms with Crippen molar-refractivity contribution in [1.29, 1.82) is 0 Å². The summed E-state index contributed by atoms with van der Waals surface area (Å²) in [4.78, 5) is 17.7. The molecular weight excluding hydrogens is 535 g/mol. The molecule has 4 rings (SSSR count). The first kappa shape index (κ1) is 28.9. The molecule has 2 N–H and O–H groups in total. The number of anilines is 1. The number of aromatic nitrogens is 1. The van der Waals surface area contributed by atoms with E-state index in [1.54, 1.807) is 44.4 Å². The van der Waals surface area contributed by atoms with E-state index in [2.05, 4.69) is 10.1 Å². The van der Waals surface area contributed by atoms with Crippen LogP contribution in [-0.4, -0.2) is 59.6 Å². The lowest BCUT2D eigenvalue weighted by Crippen LogP contribution is -2.06. The van der Waals surface area contributed by atoms with Gasteiger partial charge in [-0.15, -0.1) is 0 Å². The van der Waals surface area contributed by atoms with Crippen LogP contribution >= 0.6 is 7.52 Å². The molecule has 0 saturated carbocycles. The summed E-state index contributed by atoms with van der Waals surface area (Å²) >= 11 is 0. The standard InChI is InChI=1S/C29H33N2O8P/c1-8-39-40(7,33)31-20-14-17(12-13-21(20)34-2)27-26(25-19(30-27)10-9-11-22(25)35-3)28(32)18-15-23(36-4)29(38-6)24(16-18)37-5/h9-16,30H,8H2,1-7H3,(H,31,33). The van der Waals surface area contributed by atoms with Gasteiger partial charge in [-0.2, -0.15) is 0 Å². The molecular formula is C29H33N2O8P. The van der Waals surface area contributed by atoms with Crippen LogP contribution in [0.1, 0.15) is 22.8 Å². The number of hydrogen-bond acceptors (Lipinski definition) is 8. The van der Waals surface area contributed by atoms with Crippen LogP contribution in [0, 0.1) is 0 Å². The van der Waals surface area contributed by atoms with Gasteiger partial charge >= 0.3 is 0 Å². The number of rotatable bonds is 12. The Bertz CT molecular complexity index is 1570. The van der Waals surface area contributed by atoms with E-state index in [1.165, 1.54) is 35.1 Å². The minimum atomic E-state index is -3.18. The summed E-state index contributed by atoms with van der Waals surface area (Å²) < 4.78 is 45.9. The molecule has 1 atom stereocenters. The molecule has 0 aliphatic rings. The van der Waals surface area contributed by atoms with Crippen molar-refractivity contribution >= 4 is 29.9 Å². The minimum Gasteiger partial charge on any atom is -0.496 e. The molecule has 1 unspecified atom stereocenters. The summed E-state index contributed by atoms with van der Waals surface area (Å²) in [5, 5.41) is 3.58. The molecule has 0 bridgehead atoms. The van der Waals surface area contributed by atoms with Crippen LogP contribution in [0.5, 0.6) is 28.7 Å². The van der Waals surface area contributed by atoms with Gasteiger partial charge in [0, 0.05) is 17.8 Å². The van der Waals surface area contributed by atoms with E-state index in [1.807, 2.05) is 18.2 Å². The van der Waals surface area contributed by atoms with E-state index < -0.39 is 7.52 Å². The van der Waals surface area contributed by atoms with Crippen LogP contribution in [0.25, 0.3) is 22.2 Å². The van der Waals surface area contributed by atoms with Crippen LogP contribution in [0.4, 0.5) is 5.69 Å². The van der Waals surface area contributed by atoms with Gasteiger partial charge in [-0.25, -0.2) is 0 Å². The van der Waals surface area contributed by atoms with Gasteiger partial charge in [0.2, 0.25) is 5.75 Å². The summed E-state index contributed by atoms with van der Waals surface area (Å²) in [5.74, 6) is 1.77. The molecule has 0 aliphatic carbocycles. The maximum absolute atomic E-state index is 14.3. The van der Waals surface area contributed by atoms with Crippen molar-refractivity contribution in [1.82, 2.24) is 4.98 Å². The van der Waals surface area contributed by atoms with Gasteiger partial charge in [-0.3, -0.25) is 9.36 Å². The van der Waals surface area contributed by atoms with Gasteiger partial charge in [0.05, 0.1) is 70.0 Å². The molecule has 4 aromatic rings. The third-order valence-corrected chi connectivity index (χ3v) is 7.74. The summed E-state index contributed by atoms with van der Waals surface area (Å²) in [6, 6.07) is 14.0. The van der Waals surface area contributed by atoms with E-state index in [0.29, 0.717) is 67.7 Å². The number of carbonyl (C=O) groups is 1. The molecule has 212 valence electrons. The SMILES string of the molecule is CCOP(C)(=O)Nc1cc(-c2[nH]c3cccc(OC)c3c2C(=O)c2cc(OC)c(OC)c(OC)c2)ccc1OC. The van der Waals surface area contributed by atoms with Gasteiger partial charge in [0.25, 0.3) is 7.52 Å². The largest absolute Gasteiger partial charge is 0.496 e. The highest BCUT2D eigenvalue weighted by molar-refractivity contribution is 7.59. The number of methoxy groups -OCH3 is 5. The Morgan fingerprint density at radius 1 is 0.850 bits per heavy atom. The molecule has 40 heavy (non-hydrogen) atoms. The lowest BCUT2D eigenvalue weighted by Gasteiger charge is -2.18. The number of ether oxygens (including phenoxy) is 5. The van der Waals surface area contributed by atoms with Crippen LogP contribution in [0.3, 0.4) is 0 Å². The highest BCUT2D eigenvalue weighted by Gasteiger charge is 2.27. The van der Waals surface area contributed by atoms with Gasteiger partial charge in [-0.05, 0) is 49.4 Å². The van der Waals surface area contributed by atoms with Gasteiger partial charge in [0.1, 0.15) is 11.5 Å². The zero-order valence-electron chi connectivity index (χ0n) is 23.5. The predicted molar refractivity (Wildman–Crippen MR) is 155 cm³/mol. The fraction of sp³-hybridized carbons (Fsp3) is 0.276. The molecule has 0 radical (unpaired) electrons. The Kier molecular flexibility index (Phi) is 8.61. The van der Waals surface area contributed by atoms with Crippen LogP contribution in [0.2, 0.25) is 0 Å². The smallest absolute Gasteiger partial charge is 0.290 e. The van der Waals surface area contributed by atoms with Crippen molar-refractivity contribution in [2.45, 2.75) is 6.92 Å². The zero-order chi connectivity index (χ0) is 29.0. The van der Waals surface area contributed by atoms with Gasteiger partial charge in [0.15, 0.2) is 17.3 Å². The highest BCUT2D eigenvalue weighted by Crippen LogP contribution is 2.47. The second-order valence-electron chi connectivity index (χ2n) is 8.79. The molecule has 1 aromatic heterocycles. The molecule has 0 saturated heterocycles. The Morgan fingerprint density at radius 2 is 1.50 bits per heavy atom. The number of aromatic amines is 1. The van der Waals surface area contributed by atoms with Crippen LogP contribution in [-0.2, 0) is 9.09 Å². The van der Waals surface area contributed by atoms with E-state index in [0.717, 1.165) is 0 Å². The molecule has 0 fully saturated rings.